The summed E-state index contributed by atoms with van der Waals surface area (Å²) in [7, 11) is -3.12. The summed E-state index contributed by atoms with van der Waals surface area (Å²) in [5.41, 5.74) is 0.789. The molecule has 0 amide bonds. The van der Waals surface area contributed by atoms with E-state index in [-0.39, 0.29) is 5.75 Å². The van der Waals surface area contributed by atoms with Gasteiger partial charge in [0, 0.05) is 5.38 Å². The largest absolute Gasteiger partial charge is 0.245 e. The quantitative estimate of drug-likeness (QED) is 0.833. The van der Waals surface area contributed by atoms with Gasteiger partial charge in [0.1, 0.15) is 0 Å². The number of unbranched alkanes of at least 4 members (excludes halogenated alkanes) is 1. The predicted octanol–water partition coefficient (Wildman–Crippen LogP) is 1.67. The summed E-state index contributed by atoms with van der Waals surface area (Å²) in [6.45, 7) is 4.18. The third-order valence-corrected chi connectivity index (χ3v) is 4.14. The van der Waals surface area contributed by atoms with Gasteiger partial charge in [-0.3, -0.25) is 0 Å². The van der Waals surface area contributed by atoms with Gasteiger partial charge in [-0.15, -0.1) is 11.3 Å². The molecular weight excluding hydrogens is 232 g/mol. The van der Waals surface area contributed by atoms with Crippen molar-refractivity contribution in [2.75, 3.05) is 5.75 Å². The highest BCUT2D eigenvalue weighted by Gasteiger charge is 2.09. The number of rotatable bonds is 6. The van der Waals surface area contributed by atoms with Gasteiger partial charge in [-0.05, 0) is 13.3 Å². The van der Waals surface area contributed by atoms with Crippen LogP contribution in [0.2, 0.25) is 0 Å². The number of nitrogens with one attached hydrogen (secondary N) is 1. The van der Waals surface area contributed by atoms with Crippen molar-refractivity contribution in [3.05, 3.63) is 16.1 Å². The van der Waals surface area contributed by atoms with E-state index >= 15 is 0 Å². The van der Waals surface area contributed by atoms with Gasteiger partial charge < -0.3 is 0 Å². The van der Waals surface area contributed by atoms with E-state index < -0.39 is 10.0 Å². The molecule has 0 aliphatic carbocycles. The van der Waals surface area contributed by atoms with Crippen molar-refractivity contribution < 1.29 is 8.42 Å². The highest BCUT2D eigenvalue weighted by atomic mass is 32.2. The Morgan fingerprint density at radius 2 is 2.27 bits per heavy atom. The predicted molar refractivity (Wildman–Crippen MR) is 62.4 cm³/mol. The Kier molecular flexibility index (Phi) is 4.69. The standard InChI is InChI=1S/C9H16N2O2S2/c1-3-4-5-15(12,13)10-6-9-7-14-8(2)11-9/h7,10H,3-6H2,1-2H3. The SMILES string of the molecule is CCCCS(=O)(=O)NCc1csc(C)n1. The third kappa shape index (κ3) is 4.72. The zero-order valence-electron chi connectivity index (χ0n) is 8.99. The molecule has 1 heterocycles. The first-order chi connectivity index (χ1) is 7.03. The first-order valence-electron chi connectivity index (χ1n) is 4.92. The van der Waals surface area contributed by atoms with Gasteiger partial charge in [0.2, 0.25) is 10.0 Å². The van der Waals surface area contributed by atoms with E-state index in [1.165, 1.54) is 11.3 Å². The van der Waals surface area contributed by atoms with Crippen molar-refractivity contribution in [3.63, 3.8) is 0 Å². The van der Waals surface area contributed by atoms with E-state index in [2.05, 4.69) is 9.71 Å². The van der Waals surface area contributed by atoms with Crippen LogP contribution in [0.5, 0.6) is 0 Å². The van der Waals surface area contributed by atoms with Crippen molar-refractivity contribution >= 4 is 21.4 Å². The smallest absolute Gasteiger partial charge is 0.211 e. The van der Waals surface area contributed by atoms with Crippen LogP contribution < -0.4 is 4.72 Å². The zero-order chi connectivity index (χ0) is 11.3. The van der Waals surface area contributed by atoms with Gasteiger partial charge in [0.05, 0.1) is 23.0 Å². The fourth-order valence-electron chi connectivity index (χ4n) is 1.08. The van der Waals surface area contributed by atoms with Crippen LogP contribution in [0.3, 0.4) is 0 Å². The van der Waals surface area contributed by atoms with Gasteiger partial charge in [0.25, 0.3) is 0 Å². The summed E-state index contributed by atoms with van der Waals surface area (Å²) >= 11 is 1.53. The minimum atomic E-state index is -3.12. The first-order valence-corrected chi connectivity index (χ1v) is 7.45. The number of thiazole rings is 1. The number of hydrogen-bond donors (Lipinski definition) is 1. The average Bonchev–Trinajstić information content (AvgIpc) is 2.59. The van der Waals surface area contributed by atoms with E-state index in [1.807, 2.05) is 19.2 Å². The molecular formula is C9H16N2O2S2. The van der Waals surface area contributed by atoms with Crippen molar-refractivity contribution in [2.24, 2.45) is 0 Å². The van der Waals surface area contributed by atoms with Crippen molar-refractivity contribution in [3.8, 4) is 0 Å². The van der Waals surface area contributed by atoms with Gasteiger partial charge in [-0.2, -0.15) is 0 Å². The lowest BCUT2D eigenvalue weighted by atomic mass is 10.4. The maximum Gasteiger partial charge on any atom is 0.211 e. The van der Waals surface area contributed by atoms with Crippen LogP contribution >= 0.6 is 11.3 Å². The molecule has 0 unspecified atom stereocenters. The summed E-state index contributed by atoms with van der Waals surface area (Å²) in [5, 5.41) is 2.83. The van der Waals surface area contributed by atoms with Gasteiger partial charge in [-0.25, -0.2) is 18.1 Å². The first kappa shape index (κ1) is 12.6. The molecule has 1 aromatic rings. The molecule has 0 aliphatic rings. The van der Waals surface area contributed by atoms with E-state index in [0.717, 1.165) is 17.1 Å². The molecule has 1 rings (SSSR count). The second-order valence-corrected chi connectivity index (χ2v) is 6.34. The summed E-state index contributed by atoms with van der Waals surface area (Å²) in [5.74, 6) is 0.201. The summed E-state index contributed by atoms with van der Waals surface area (Å²) in [6.07, 6.45) is 1.59. The topological polar surface area (TPSA) is 59.1 Å². The third-order valence-electron chi connectivity index (χ3n) is 1.91. The molecule has 0 bridgehead atoms. The molecule has 86 valence electrons. The van der Waals surface area contributed by atoms with Crippen LogP contribution in [0.25, 0.3) is 0 Å². The molecule has 0 atom stereocenters. The molecule has 1 N–H and O–H groups in total. The Balaban J connectivity index is 2.42. The van der Waals surface area contributed by atoms with Crippen LogP contribution in [-0.4, -0.2) is 19.2 Å². The molecule has 0 saturated carbocycles. The van der Waals surface area contributed by atoms with Gasteiger partial charge >= 0.3 is 0 Å². The van der Waals surface area contributed by atoms with Crippen molar-refractivity contribution in [2.45, 2.75) is 33.2 Å². The number of nitrogens with zero attached hydrogens (tertiary/aromatic N) is 1. The number of hydrogen-bond acceptors (Lipinski definition) is 4. The molecule has 6 heteroatoms. The maximum absolute atomic E-state index is 11.4. The van der Waals surface area contributed by atoms with Crippen molar-refractivity contribution in [1.29, 1.82) is 0 Å². The highest BCUT2D eigenvalue weighted by molar-refractivity contribution is 7.89. The minimum Gasteiger partial charge on any atom is -0.245 e. The minimum absolute atomic E-state index is 0.201. The molecule has 0 fully saturated rings. The Bertz CT molecular complexity index is 398. The normalized spacial score (nSPS) is 11.9. The lowest BCUT2D eigenvalue weighted by Crippen LogP contribution is -2.26. The summed E-state index contributed by atoms with van der Waals surface area (Å²) in [6, 6.07) is 0. The van der Waals surface area contributed by atoms with E-state index in [1.54, 1.807) is 0 Å². The molecule has 0 radical (unpaired) electrons. The summed E-state index contributed by atoms with van der Waals surface area (Å²) < 4.78 is 25.4. The fraction of sp³-hybridized carbons (Fsp3) is 0.667. The zero-order valence-corrected chi connectivity index (χ0v) is 10.6. The molecule has 0 aliphatic heterocycles. The highest BCUT2D eigenvalue weighted by Crippen LogP contribution is 2.07. The van der Waals surface area contributed by atoms with E-state index in [4.69, 9.17) is 0 Å². The Hall–Kier alpha value is -0.460. The molecule has 0 spiro atoms. The second-order valence-electron chi connectivity index (χ2n) is 3.35. The maximum atomic E-state index is 11.4. The molecule has 1 aromatic heterocycles. The monoisotopic (exact) mass is 248 g/mol. The number of aromatic nitrogens is 1. The summed E-state index contributed by atoms with van der Waals surface area (Å²) in [4.78, 5) is 4.19. The molecule has 0 saturated heterocycles. The molecule has 15 heavy (non-hydrogen) atoms. The Labute approximate surface area is 94.8 Å². The molecule has 0 aromatic carbocycles. The van der Waals surface area contributed by atoms with Crippen LogP contribution in [-0.2, 0) is 16.6 Å². The lowest BCUT2D eigenvalue weighted by molar-refractivity contribution is 0.577. The number of aryl methyl sites for hydroxylation is 1. The average molecular weight is 248 g/mol. The van der Waals surface area contributed by atoms with E-state index in [9.17, 15) is 8.42 Å². The Morgan fingerprint density at radius 3 is 2.80 bits per heavy atom. The Morgan fingerprint density at radius 1 is 1.53 bits per heavy atom. The van der Waals surface area contributed by atoms with Crippen LogP contribution in [0.15, 0.2) is 5.38 Å². The lowest BCUT2D eigenvalue weighted by Gasteiger charge is -2.03. The van der Waals surface area contributed by atoms with Crippen LogP contribution in [0.1, 0.15) is 30.5 Å². The second kappa shape index (κ2) is 5.58. The van der Waals surface area contributed by atoms with E-state index in [0.29, 0.717) is 13.0 Å². The fourth-order valence-corrected chi connectivity index (χ4v) is 2.87. The number of sulfonamides is 1. The van der Waals surface area contributed by atoms with Crippen LogP contribution in [0.4, 0.5) is 0 Å². The van der Waals surface area contributed by atoms with Gasteiger partial charge in [0.15, 0.2) is 0 Å². The molecule has 4 nitrogen and oxygen atoms in total. The van der Waals surface area contributed by atoms with Gasteiger partial charge in [-0.1, -0.05) is 13.3 Å². The van der Waals surface area contributed by atoms with Crippen molar-refractivity contribution in [1.82, 2.24) is 9.71 Å². The van der Waals surface area contributed by atoms with Crippen LogP contribution in [0, 0.1) is 6.92 Å².